The molecule has 0 spiro atoms. The summed E-state index contributed by atoms with van der Waals surface area (Å²) in [5.74, 6) is 2.66. The van der Waals surface area contributed by atoms with Crippen LogP contribution in [-0.4, -0.2) is 62.0 Å². The Hall–Kier alpha value is -3.78. The lowest BCUT2D eigenvalue weighted by Gasteiger charge is -2.36. The van der Waals surface area contributed by atoms with Gasteiger partial charge in [0.05, 0.1) is 38.9 Å². The molecule has 1 aliphatic heterocycles. The van der Waals surface area contributed by atoms with Crippen LogP contribution in [0.25, 0.3) is 11.0 Å². The highest BCUT2D eigenvalue weighted by atomic mass is 19.1. The number of imidazole rings is 1. The largest absolute Gasteiger partial charge is 0.493 e. The minimum Gasteiger partial charge on any atom is -0.493 e. The molecular formula is C28H31FN4O3. The number of rotatable bonds is 8. The van der Waals surface area contributed by atoms with Gasteiger partial charge in [-0.2, -0.15) is 0 Å². The fourth-order valence-electron chi connectivity index (χ4n) is 4.85. The van der Waals surface area contributed by atoms with Crippen molar-refractivity contribution in [3.8, 4) is 17.2 Å². The van der Waals surface area contributed by atoms with Gasteiger partial charge in [-0.3, -0.25) is 4.90 Å². The summed E-state index contributed by atoms with van der Waals surface area (Å²) in [7, 11) is 4.87. The normalized spacial score (nSPS) is 14.3. The van der Waals surface area contributed by atoms with E-state index in [4.69, 9.17) is 19.2 Å². The summed E-state index contributed by atoms with van der Waals surface area (Å²) in [5, 5.41) is 0. The second-order valence-electron chi connectivity index (χ2n) is 8.88. The van der Waals surface area contributed by atoms with Crippen LogP contribution in [0.5, 0.6) is 17.2 Å². The van der Waals surface area contributed by atoms with E-state index in [9.17, 15) is 4.39 Å². The molecule has 3 aromatic carbocycles. The second-order valence-corrected chi connectivity index (χ2v) is 8.88. The third-order valence-electron chi connectivity index (χ3n) is 6.73. The number of hydrogen-bond acceptors (Lipinski definition) is 6. The number of benzene rings is 3. The molecule has 8 heteroatoms. The Bertz CT molecular complexity index is 1310. The molecule has 0 atom stereocenters. The third-order valence-corrected chi connectivity index (χ3v) is 6.73. The second kappa shape index (κ2) is 10.5. The van der Waals surface area contributed by atoms with Crippen LogP contribution >= 0.6 is 0 Å². The summed E-state index contributed by atoms with van der Waals surface area (Å²) in [6, 6.07) is 18.9. The summed E-state index contributed by atoms with van der Waals surface area (Å²) >= 11 is 0. The Balaban J connectivity index is 1.38. The van der Waals surface area contributed by atoms with Crippen LogP contribution in [0.3, 0.4) is 0 Å². The van der Waals surface area contributed by atoms with E-state index < -0.39 is 0 Å². The third kappa shape index (κ3) is 4.81. The molecule has 7 nitrogen and oxygen atoms in total. The molecule has 188 valence electrons. The standard InChI is InChI=1S/C28H31FN4O3/c1-34-25-16-20(17-26(35-2)28(25)36-3)18-33-24-7-5-4-6-23(24)30-27(33)19-31-12-14-32(15-13-31)22-10-8-21(29)9-11-22/h4-11,16-17H,12-15,18-19H2,1-3H3. The smallest absolute Gasteiger partial charge is 0.203 e. The van der Waals surface area contributed by atoms with Crippen molar-refractivity contribution >= 4 is 16.7 Å². The van der Waals surface area contributed by atoms with Crippen LogP contribution in [0.2, 0.25) is 0 Å². The van der Waals surface area contributed by atoms with Crippen LogP contribution in [-0.2, 0) is 13.1 Å². The van der Waals surface area contributed by atoms with Crippen molar-refractivity contribution in [2.45, 2.75) is 13.1 Å². The van der Waals surface area contributed by atoms with Gasteiger partial charge in [0, 0.05) is 38.4 Å². The zero-order valence-corrected chi connectivity index (χ0v) is 20.9. The van der Waals surface area contributed by atoms with Gasteiger partial charge < -0.3 is 23.7 Å². The zero-order valence-electron chi connectivity index (χ0n) is 20.9. The fraction of sp³-hybridized carbons (Fsp3) is 0.321. The lowest BCUT2D eigenvalue weighted by Crippen LogP contribution is -2.46. The maximum Gasteiger partial charge on any atom is 0.203 e. The van der Waals surface area contributed by atoms with E-state index in [0.717, 1.165) is 60.8 Å². The molecule has 4 aromatic rings. The highest BCUT2D eigenvalue weighted by Gasteiger charge is 2.21. The van der Waals surface area contributed by atoms with Crippen LogP contribution in [0.4, 0.5) is 10.1 Å². The number of halogens is 1. The van der Waals surface area contributed by atoms with Crippen molar-refractivity contribution in [1.82, 2.24) is 14.5 Å². The number of para-hydroxylation sites is 2. The molecule has 5 rings (SSSR count). The van der Waals surface area contributed by atoms with E-state index in [1.54, 1.807) is 21.3 Å². The van der Waals surface area contributed by atoms with E-state index >= 15 is 0 Å². The van der Waals surface area contributed by atoms with Gasteiger partial charge in [-0.25, -0.2) is 9.37 Å². The number of nitrogens with zero attached hydrogens (tertiary/aromatic N) is 4. The number of aromatic nitrogens is 2. The topological polar surface area (TPSA) is 52.0 Å². The molecule has 0 amide bonds. The van der Waals surface area contributed by atoms with Crippen molar-refractivity contribution in [3.63, 3.8) is 0 Å². The van der Waals surface area contributed by atoms with E-state index in [1.807, 2.05) is 36.4 Å². The van der Waals surface area contributed by atoms with Gasteiger partial charge in [0.2, 0.25) is 5.75 Å². The average Bonchev–Trinajstić information content (AvgIpc) is 3.25. The van der Waals surface area contributed by atoms with Gasteiger partial charge >= 0.3 is 0 Å². The predicted octanol–water partition coefficient (Wildman–Crippen LogP) is 4.57. The van der Waals surface area contributed by atoms with Crippen molar-refractivity contribution in [2.24, 2.45) is 0 Å². The Kier molecular flexibility index (Phi) is 6.95. The number of ether oxygens (including phenoxy) is 3. The van der Waals surface area contributed by atoms with Crippen molar-refractivity contribution in [2.75, 3.05) is 52.4 Å². The monoisotopic (exact) mass is 490 g/mol. The molecule has 1 fully saturated rings. The molecule has 0 N–H and O–H groups in total. The van der Waals surface area contributed by atoms with Crippen LogP contribution in [0, 0.1) is 5.82 Å². The van der Waals surface area contributed by atoms with Crippen molar-refractivity contribution in [1.29, 1.82) is 0 Å². The number of piperazine rings is 1. The van der Waals surface area contributed by atoms with Crippen LogP contribution in [0.1, 0.15) is 11.4 Å². The summed E-state index contributed by atoms with van der Waals surface area (Å²) in [5.41, 5.74) is 4.16. The maximum atomic E-state index is 13.3. The van der Waals surface area contributed by atoms with Gasteiger partial charge in [-0.1, -0.05) is 12.1 Å². The zero-order chi connectivity index (χ0) is 25.1. The van der Waals surface area contributed by atoms with E-state index in [-0.39, 0.29) is 5.82 Å². The van der Waals surface area contributed by atoms with E-state index in [2.05, 4.69) is 26.5 Å². The summed E-state index contributed by atoms with van der Waals surface area (Å²) < 4.78 is 32.2. The van der Waals surface area contributed by atoms with Gasteiger partial charge in [0.1, 0.15) is 11.6 Å². The molecule has 1 aromatic heterocycles. The predicted molar refractivity (Wildman–Crippen MR) is 139 cm³/mol. The van der Waals surface area contributed by atoms with Gasteiger partial charge in [-0.05, 0) is 54.1 Å². The maximum absolute atomic E-state index is 13.3. The van der Waals surface area contributed by atoms with Gasteiger partial charge in [-0.15, -0.1) is 0 Å². The fourth-order valence-corrected chi connectivity index (χ4v) is 4.85. The highest BCUT2D eigenvalue weighted by Crippen LogP contribution is 2.38. The van der Waals surface area contributed by atoms with Crippen LogP contribution < -0.4 is 19.1 Å². The molecule has 0 radical (unpaired) electrons. The first-order valence-corrected chi connectivity index (χ1v) is 12.1. The lowest BCUT2D eigenvalue weighted by atomic mass is 10.1. The number of fused-ring (bicyclic) bond motifs is 1. The molecule has 0 saturated carbocycles. The number of methoxy groups -OCH3 is 3. The average molecular weight is 491 g/mol. The Morgan fingerprint density at radius 3 is 2.11 bits per heavy atom. The molecule has 1 aliphatic rings. The number of anilines is 1. The molecule has 2 heterocycles. The van der Waals surface area contributed by atoms with Crippen molar-refractivity contribution in [3.05, 3.63) is 77.9 Å². The molecule has 0 aliphatic carbocycles. The molecular weight excluding hydrogens is 459 g/mol. The Morgan fingerprint density at radius 2 is 1.47 bits per heavy atom. The van der Waals surface area contributed by atoms with Crippen molar-refractivity contribution < 1.29 is 18.6 Å². The number of hydrogen-bond donors (Lipinski definition) is 0. The minimum absolute atomic E-state index is 0.205. The van der Waals surface area contributed by atoms with Gasteiger partial charge in [0.25, 0.3) is 0 Å². The van der Waals surface area contributed by atoms with E-state index in [1.165, 1.54) is 12.1 Å². The SMILES string of the molecule is COc1cc(Cn2c(CN3CCN(c4ccc(F)cc4)CC3)nc3ccccc32)cc(OC)c1OC. The molecule has 0 bridgehead atoms. The first-order chi connectivity index (χ1) is 17.6. The quantitative estimate of drug-likeness (QED) is 0.361. The first-order valence-electron chi connectivity index (χ1n) is 12.1. The highest BCUT2D eigenvalue weighted by molar-refractivity contribution is 5.76. The first kappa shape index (κ1) is 23.9. The molecule has 36 heavy (non-hydrogen) atoms. The van der Waals surface area contributed by atoms with Gasteiger partial charge in [0.15, 0.2) is 11.5 Å². The Morgan fingerprint density at radius 1 is 0.806 bits per heavy atom. The molecule has 0 unspecified atom stereocenters. The minimum atomic E-state index is -0.205. The Labute approximate surface area is 210 Å². The van der Waals surface area contributed by atoms with Crippen LogP contribution in [0.15, 0.2) is 60.7 Å². The summed E-state index contributed by atoms with van der Waals surface area (Å²) in [4.78, 5) is 9.71. The lowest BCUT2D eigenvalue weighted by molar-refractivity contribution is 0.241. The molecule has 1 saturated heterocycles. The summed E-state index contributed by atoms with van der Waals surface area (Å²) in [6.45, 7) is 4.96. The van der Waals surface area contributed by atoms with E-state index in [0.29, 0.717) is 23.8 Å². The summed E-state index contributed by atoms with van der Waals surface area (Å²) in [6.07, 6.45) is 0.